The largest absolute Gasteiger partial charge is 0.496 e. The minimum absolute atomic E-state index is 0.147. The van der Waals surface area contributed by atoms with E-state index in [9.17, 15) is 9.18 Å². The number of ether oxygens (including phenoxy) is 1. The zero-order valence-electron chi connectivity index (χ0n) is 16.9. The number of hydrogen-bond acceptors (Lipinski definition) is 5. The van der Waals surface area contributed by atoms with Crippen molar-refractivity contribution in [2.75, 3.05) is 12.4 Å². The van der Waals surface area contributed by atoms with Gasteiger partial charge in [-0.25, -0.2) is 4.39 Å². The summed E-state index contributed by atoms with van der Waals surface area (Å²) >= 11 is 6.11. The molecule has 1 aromatic heterocycles. The van der Waals surface area contributed by atoms with Gasteiger partial charge in [0.15, 0.2) is 5.82 Å². The molecule has 0 bridgehead atoms. The van der Waals surface area contributed by atoms with Crippen LogP contribution in [0.1, 0.15) is 23.2 Å². The Hall–Kier alpha value is -3.39. The molecule has 0 aliphatic carbocycles. The van der Waals surface area contributed by atoms with Crippen molar-refractivity contribution in [2.24, 2.45) is 5.16 Å². The molecule has 1 amide bonds. The second-order valence-electron chi connectivity index (χ2n) is 7.05. The van der Waals surface area contributed by atoms with Crippen LogP contribution in [0.15, 0.2) is 53.7 Å². The van der Waals surface area contributed by atoms with E-state index >= 15 is 0 Å². The summed E-state index contributed by atoms with van der Waals surface area (Å²) < 4.78 is 21.0. The van der Waals surface area contributed by atoms with Gasteiger partial charge in [-0.05, 0) is 31.2 Å². The predicted molar refractivity (Wildman–Crippen MR) is 115 cm³/mol. The molecule has 31 heavy (non-hydrogen) atoms. The zero-order chi connectivity index (χ0) is 22.0. The quantitative estimate of drug-likeness (QED) is 0.621. The van der Waals surface area contributed by atoms with Crippen LogP contribution in [0.25, 0.3) is 0 Å². The Morgan fingerprint density at radius 2 is 2.13 bits per heavy atom. The van der Waals surface area contributed by atoms with Crippen LogP contribution in [0.3, 0.4) is 0 Å². The van der Waals surface area contributed by atoms with E-state index in [0.717, 1.165) is 11.3 Å². The highest BCUT2D eigenvalue weighted by molar-refractivity contribution is 6.31. The van der Waals surface area contributed by atoms with Crippen molar-refractivity contribution in [1.82, 2.24) is 9.78 Å². The van der Waals surface area contributed by atoms with Crippen LogP contribution in [-0.4, -0.2) is 34.6 Å². The van der Waals surface area contributed by atoms with Crippen molar-refractivity contribution in [3.05, 3.63) is 76.2 Å². The number of nitrogens with zero attached hydrogens (tertiary/aromatic N) is 3. The van der Waals surface area contributed by atoms with E-state index in [-0.39, 0.29) is 12.5 Å². The lowest BCUT2D eigenvalue weighted by atomic mass is 10.0. The summed E-state index contributed by atoms with van der Waals surface area (Å²) in [5, 5.41) is 11.5. The summed E-state index contributed by atoms with van der Waals surface area (Å²) in [5.74, 6) is 0.215. The van der Waals surface area contributed by atoms with Crippen LogP contribution in [0.2, 0.25) is 5.02 Å². The fraction of sp³-hybridized carbons (Fsp3) is 0.227. The third kappa shape index (κ3) is 4.39. The van der Waals surface area contributed by atoms with Crippen LogP contribution in [0.4, 0.5) is 10.2 Å². The number of aromatic nitrogens is 2. The van der Waals surface area contributed by atoms with Crippen molar-refractivity contribution in [3.63, 3.8) is 0 Å². The molecule has 1 aliphatic heterocycles. The van der Waals surface area contributed by atoms with E-state index in [1.165, 1.54) is 6.07 Å². The van der Waals surface area contributed by atoms with Crippen molar-refractivity contribution in [2.45, 2.75) is 26.0 Å². The summed E-state index contributed by atoms with van der Waals surface area (Å²) in [4.78, 5) is 18.0. The molecular weight excluding hydrogens is 423 g/mol. The first-order chi connectivity index (χ1) is 15.0. The predicted octanol–water partition coefficient (Wildman–Crippen LogP) is 4.17. The smallest absolute Gasteiger partial charge is 0.269 e. The van der Waals surface area contributed by atoms with Gasteiger partial charge in [0.05, 0.1) is 19.4 Å². The standard InChI is InChI=1S/C22H20ClFN4O3/c1-13-10-21(26-28(13)12-15-16(23)7-5-8-17(15)24)25-22(29)20-11-18(27-31-20)14-6-3-4-9-19(14)30-2/h3-10,20H,11-12H2,1-2H3,(H,25,26,29). The summed E-state index contributed by atoms with van der Waals surface area (Å²) in [6, 6.07) is 13.6. The van der Waals surface area contributed by atoms with Gasteiger partial charge < -0.3 is 14.9 Å². The number of anilines is 1. The second-order valence-corrected chi connectivity index (χ2v) is 7.46. The lowest BCUT2D eigenvalue weighted by molar-refractivity contribution is -0.125. The van der Waals surface area contributed by atoms with Gasteiger partial charge in [-0.1, -0.05) is 35.0 Å². The fourth-order valence-electron chi connectivity index (χ4n) is 3.33. The number of nitrogens with one attached hydrogen (secondary N) is 1. The van der Waals surface area contributed by atoms with Gasteiger partial charge in [0.2, 0.25) is 6.10 Å². The number of oxime groups is 1. The normalized spacial score (nSPS) is 15.4. The van der Waals surface area contributed by atoms with E-state index in [1.807, 2.05) is 31.2 Å². The number of methoxy groups -OCH3 is 1. The highest BCUT2D eigenvalue weighted by Gasteiger charge is 2.30. The summed E-state index contributed by atoms with van der Waals surface area (Å²) in [6.45, 7) is 1.96. The van der Waals surface area contributed by atoms with Crippen LogP contribution < -0.4 is 10.1 Å². The third-order valence-electron chi connectivity index (χ3n) is 4.98. The molecule has 2 heterocycles. The van der Waals surface area contributed by atoms with Gasteiger partial charge in [0.25, 0.3) is 5.91 Å². The number of benzene rings is 2. The minimum Gasteiger partial charge on any atom is -0.496 e. The summed E-state index contributed by atoms with van der Waals surface area (Å²) in [5.41, 5.74) is 2.49. The second kappa shape index (κ2) is 8.77. The van der Waals surface area contributed by atoms with E-state index in [0.29, 0.717) is 34.3 Å². The van der Waals surface area contributed by atoms with Crippen molar-refractivity contribution >= 4 is 29.0 Å². The monoisotopic (exact) mass is 442 g/mol. The Morgan fingerprint density at radius 1 is 1.32 bits per heavy atom. The molecule has 1 aliphatic rings. The molecule has 3 aromatic rings. The molecule has 0 radical (unpaired) electrons. The Balaban J connectivity index is 1.43. The van der Waals surface area contributed by atoms with Gasteiger partial charge in [0.1, 0.15) is 11.6 Å². The van der Waals surface area contributed by atoms with Crippen LogP contribution >= 0.6 is 11.6 Å². The lowest BCUT2D eigenvalue weighted by Crippen LogP contribution is -2.28. The Bertz CT molecular complexity index is 1140. The fourth-order valence-corrected chi connectivity index (χ4v) is 3.55. The number of amides is 1. The van der Waals surface area contributed by atoms with Gasteiger partial charge in [-0.3, -0.25) is 9.48 Å². The minimum atomic E-state index is -0.786. The average Bonchev–Trinajstić information content (AvgIpc) is 3.38. The first-order valence-electron chi connectivity index (χ1n) is 9.60. The van der Waals surface area contributed by atoms with Gasteiger partial charge >= 0.3 is 0 Å². The third-order valence-corrected chi connectivity index (χ3v) is 5.34. The number of hydrogen-bond donors (Lipinski definition) is 1. The molecule has 7 nitrogen and oxygen atoms in total. The number of para-hydroxylation sites is 1. The molecule has 1 atom stereocenters. The van der Waals surface area contributed by atoms with Gasteiger partial charge in [0, 0.05) is 34.3 Å². The number of aryl methyl sites for hydroxylation is 1. The lowest BCUT2D eigenvalue weighted by Gasteiger charge is -2.09. The Kier molecular flexibility index (Phi) is 5.90. The van der Waals surface area contributed by atoms with E-state index in [2.05, 4.69) is 15.6 Å². The van der Waals surface area contributed by atoms with Gasteiger partial charge in [-0.15, -0.1) is 0 Å². The number of halogens is 2. The van der Waals surface area contributed by atoms with Crippen LogP contribution in [0, 0.1) is 12.7 Å². The average molecular weight is 443 g/mol. The molecule has 1 unspecified atom stereocenters. The maximum absolute atomic E-state index is 14.1. The molecular formula is C22H20ClFN4O3. The number of rotatable bonds is 6. The molecule has 0 saturated heterocycles. The maximum Gasteiger partial charge on any atom is 0.269 e. The van der Waals surface area contributed by atoms with Crippen molar-refractivity contribution < 1.29 is 18.8 Å². The maximum atomic E-state index is 14.1. The first-order valence-corrected chi connectivity index (χ1v) is 9.98. The molecule has 9 heteroatoms. The molecule has 0 saturated carbocycles. The Morgan fingerprint density at radius 3 is 2.90 bits per heavy atom. The summed E-state index contributed by atoms with van der Waals surface area (Å²) in [7, 11) is 1.58. The SMILES string of the molecule is COc1ccccc1C1=NOC(C(=O)Nc2cc(C)n(Cc3c(F)cccc3Cl)n2)C1. The van der Waals surface area contributed by atoms with E-state index in [4.69, 9.17) is 21.2 Å². The number of carbonyl (C=O) groups excluding carboxylic acids is 1. The van der Waals surface area contributed by atoms with Crippen LogP contribution in [-0.2, 0) is 16.2 Å². The van der Waals surface area contributed by atoms with E-state index < -0.39 is 11.9 Å². The molecule has 2 aromatic carbocycles. The molecule has 160 valence electrons. The van der Waals surface area contributed by atoms with Crippen molar-refractivity contribution in [1.29, 1.82) is 0 Å². The van der Waals surface area contributed by atoms with Crippen molar-refractivity contribution in [3.8, 4) is 5.75 Å². The van der Waals surface area contributed by atoms with E-state index in [1.54, 1.807) is 30.0 Å². The highest BCUT2D eigenvalue weighted by Crippen LogP contribution is 2.25. The number of carbonyl (C=O) groups is 1. The first kappa shape index (κ1) is 20.9. The Labute approximate surface area is 183 Å². The molecule has 1 N–H and O–H groups in total. The van der Waals surface area contributed by atoms with Crippen LogP contribution in [0.5, 0.6) is 5.75 Å². The zero-order valence-corrected chi connectivity index (χ0v) is 17.7. The van der Waals surface area contributed by atoms with Gasteiger partial charge in [-0.2, -0.15) is 5.10 Å². The highest BCUT2D eigenvalue weighted by atomic mass is 35.5. The molecule has 0 fully saturated rings. The molecule has 0 spiro atoms. The topological polar surface area (TPSA) is 77.7 Å². The summed E-state index contributed by atoms with van der Waals surface area (Å²) in [6.07, 6.45) is -0.483. The molecule has 4 rings (SSSR count).